The van der Waals surface area contributed by atoms with Crippen molar-refractivity contribution in [2.45, 2.75) is 76.9 Å². The van der Waals surface area contributed by atoms with Gasteiger partial charge in [0.2, 0.25) is 0 Å². The largest absolute Gasteiger partial charge is 0.367 e. The monoisotopic (exact) mass is 256 g/mol. The van der Waals surface area contributed by atoms with E-state index >= 15 is 0 Å². The highest BCUT2D eigenvalue weighted by molar-refractivity contribution is 4.79. The van der Waals surface area contributed by atoms with Crippen LogP contribution in [-0.4, -0.2) is 44.4 Å². The van der Waals surface area contributed by atoms with Crippen LogP contribution in [0.4, 0.5) is 0 Å². The molecule has 0 aromatic heterocycles. The highest BCUT2D eigenvalue weighted by Gasteiger charge is 2.40. The number of epoxide rings is 1. The van der Waals surface area contributed by atoms with Crippen LogP contribution in [0.5, 0.6) is 0 Å². The lowest BCUT2D eigenvalue weighted by atomic mass is 10.0. The van der Waals surface area contributed by atoms with Gasteiger partial charge in [0.25, 0.3) is 0 Å². The lowest BCUT2D eigenvalue weighted by Crippen LogP contribution is -2.48. The van der Waals surface area contributed by atoms with Crippen molar-refractivity contribution in [2.75, 3.05) is 27.7 Å². The molecular formula is C16H34NO+. The third-order valence-electron chi connectivity index (χ3n) is 4.14. The topological polar surface area (TPSA) is 12.5 Å². The van der Waals surface area contributed by atoms with Gasteiger partial charge in [-0.25, -0.2) is 0 Å². The third kappa shape index (κ3) is 6.75. The van der Waals surface area contributed by atoms with Gasteiger partial charge in [-0.15, -0.1) is 0 Å². The molecule has 0 aliphatic carbocycles. The summed E-state index contributed by atoms with van der Waals surface area (Å²) >= 11 is 0. The number of quaternary nitrogens is 1. The van der Waals surface area contributed by atoms with Gasteiger partial charge in [-0.2, -0.15) is 0 Å². The number of likely N-dealkylation sites (N-methyl/N-ethyl adjacent to an activating group) is 1. The summed E-state index contributed by atoms with van der Waals surface area (Å²) in [6.45, 7) is 3.28. The number of nitrogens with zero attached hydrogens (tertiary/aromatic N) is 1. The quantitative estimate of drug-likeness (QED) is 0.309. The first-order chi connectivity index (χ1) is 8.55. The number of hydrogen-bond acceptors (Lipinski definition) is 1. The Hall–Kier alpha value is -0.0800. The van der Waals surface area contributed by atoms with E-state index in [-0.39, 0.29) is 0 Å². The maximum atomic E-state index is 5.50. The van der Waals surface area contributed by atoms with Crippen LogP contribution in [0.3, 0.4) is 0 Å². The Kier molecular flexibility index (Phi) is 7.25. The van der Waals surface area contributed by atoms with Crippen molar-refractivity contribution >= 4 is 0 Å². The Labute approximate surface area is 114 Å². The molecule has 1 aliphatic heterocycles. The van der Waals surface area contributed by atoms with Gasteiger partial charge in [0.05, 0.1) is 27.7 Å². The number of ether oxygens (including phenoxy) is 1. The minimum Gasteiger partial charge on any atom is -0.367 e. The van der Waals surface area contributed by atoms with Crippen LogP contribution in [0.1, 0.15) is 64.7 Å². The van der Waals surface area contributed by atoms with E-state index in [1.165, 1.54) is 57.8 Å². The molecule has 1 rings (SSSR count). The minimum absolute atomic E-state index is 0.551. The van der Waals surface area contributed by atoms with E-state index < -0.39 is 0 Å². The van der Waals surface area contributed by atoms with Crippen molar-refractivity contribution in [3.63, 3.8) is 0 Å². The molecule has 0 bridgehead atoms. The zero-order valence-electron chi connectivity index (χ0n) is 13.1. The molecule has 1 heterocycles. The molecule has 2 nitrogen and oxygen atoms in total. The van der Waals surface area contributed by atoms with Crippen LogP contribution in [0, 0.1) is 0 Å². The predicted molar refractivity (Wildman–Crippen MR) is 78.8 cm³/mol. The first-order valence-corrected chi connectivity index (χ1v) is 7.98. The molecule has 1 saturated heterocycles. The molecule has 0 aromatic carbocycles. The fourth-order valence-electron chi connectivity index (χ4n) is 2.84. The molecule has 0 spiro atoms. The molecule has 0 radical (unpaired) electrons. The second-order valence-corrected chi connectivity index (χ2v) is 6.82. The van der Waals surface area contributed by atoms with Gasteiger partial charge in [-0.3, -0.25) is 0 Å². The van der Waals surface area contributed by atoms with Gasteiger partial charge < -0.3 is 9.22 Å². The number of unbranched alkanes of at least 4 members (excludes halogenated alkanes) is 7. The third-order valence-corrected chi connectivity index (χ3v) is 4.14. The summed E-state index contributed by atoms with van der Waals surface area (Å²) in [5.74, 6) is 0. The van der Waals surface area contributed by atoms with E-state index in [1.54, 1.807) is 0 Å². The van der Waals surface area contributed by atoms with Crippen molar-refractivity contribution < 1.29 is 9.22 Å². The Morgan fingerprint density at radius 3 is 1.89 bits per heavy atom. The normalized spacial score (nSPS) is 21.0. The van der Waals surface area contributed by atoms with E-state index in [1.807, 2.05) is 0 Å². The van der Waals surface area contributed by atoms with Crippen molar-refractivity contribution in [3.05, 3.63) is 0 Å². The van der Waals surface area contributed by atoms with Gasteiger partial charge in [-0.1, -0.05) is 51.9 Å². The highest BCUT2D eigenvalue weighted by Crippen LogP contribution is 2.26. The van der Waals surface area contributed by atoms with E-state index in [0.29, 0.717) is 12.1 Å². The summed E-state index contributed by atoms with van der Waals surface area (Å²) in [5.41, 5.74) is 0. The van der Waals surface area contributed by atoms with Crippen molar-refractivity contribution in [3.8, 4) is 0 Å². The molecule has 0 N–H and O–H groups in total. The van der Waals surface area contributed by atoms with Gasteiger partial charge >= 0.3 is 0 Å². The average Bonchev–Trinajstić information content (AvgIpc) is 3.09. The summed E-state index contributed by atoms with van der Waals surface area (Å²) in [6.07, 6.45) is 13.2. The Morgan fingerprint density at radius 2 is 1.44 bits per heavy atom. The first kappa shape index (κ1) is 16.0. The molecule has 18 heavy (non-hydrogen) atoms. The molecular weight excluding hydrogens is 222 g/mol. The number of hydrogen-bond donors (Lipinski definition) is 0. The molecule has 1 aliphatic rings. The predicted octanol–water partition coefficient (Wildman–Crippen LogP) is 3.99. The summed E-state index contributed by atoms with van der Waals surface area (Å²) in [6, 6.07) is 0.713. The summed E-state index contributed by atoms with van der Waals surface area (Å²) in [4.78, 5) is 0. The Bertz CT molecular complexity index is 206. The molecule has 2 heteroatoms. The van der Waals surface area contributed by atoms with Crippen LogP contribution >= 0.6 is 0 Å². The standard InChI is InChI=1S/C16H34NO/c1-5-6-7-8-9-10-11-12-13-15(16-14-18-16)17(2,3)4/h15-16H,5-14H2,1-4H3/q+1. The molecule has 1 fully saturated rings. The van der Waals surface area contributed by atoms with E-state index in [2.05, 4.69) is 28.1 Å². The van der Waals surface area contributed by atoms with Crippen LogP contribution < -0.4 is 0 Å². The Balaban J connectivity index is 1.99. The van der Waals surface area contributed by atoms with Gasteiger partial charge in [0.15, 0.2) is 0 Å². The first-order valence-electron chi connectivity index (χ1n) is 7.98. The van der Waals surface area contributed by atoms with E-state index in [4.69, 9.17) is 4.74 Å². The molecule has 0 aromatic rings. The maximum Gasteiger partial charge on any atom is 0.132 e. The number of rotatable bonds is 11. The van der Waals surface area contributed by atoms with Crippen LogP contribution in [0.2, 0.25) is 0 Å². The lowest BCUT2D eigenvalue weighted by molar-refractivity contribution is -0.897. The van der Waals surface area contributed by atoms with Gasteiger partial charge in [-0.05, 0) is 6.42 Å². The molecule has 0 amide bonds. The summed E-state index contributed by atoms with van der Waals surface area (Å²) in [5, 5.41) is 0. The maximum absolute atomic E-state index is 5.50. The Morgan fingerprint density at radius 1 is 0.944 bits per heavy atom. The fourth-order valence-corrected chi connectivity index (χ4v) is 2.84. The molecule has 0 saturated carbocycles. The second kappa shape index (κ2) is 8.16. The summed E-state index contributed by atoms with van der Waals surface area (Å²) < 4.78 is 6.56. The van der Waals surface area contributed by atoms with Gasteiger partial charge in [0.1, 0.15) is 12.1 Å². The minimum atomic E-state index is 0.551. The van der Waals surface area contributed by atoms with E-state index in [9.17, 15) is 0 Å². The van der Waals surface area contributed by atoms with Gasteiger partial charge in [0, 0.05) is 6.42 Å². The highest BCUT2D eigenvalue weighted by atomic mass is 16.6. The SMILES string of the molecule is CCCCCCCCCCC(C1CO1)[N+](C)(C)C. The zero-order valence-corrected chi connectivity index (χ0v) is 13.1. The van der Waals surface area contributed by atoms with Crippen molar-refractivity contribution in [1.29, 1.82) is 0 Å². The molecule has 2 atom stereocenters. The van der Waals surface area contributed by atoms with Crippen LogP contribution in [0.15, 0.2) is 0 Å². The molecule has 2 unspecified atom stereocenters. The molecule has 108 valence electrons. The van der Waals surface area contributed by atoms with E-state index in [0.717, 1.165) is 11.1 Å². The van der Waals surface area contributed by atoms with Crippen molar-refractivity contribution in [1.82, 2.24) is 0 Å². The zero-order chi connectivity index (χ0) is 13.4. The van der Waals surface area contributed by atoms with Crippen LogP contribution in [0.25, 0.3) is 0 Å². The average molecular weight is 256 g/mol. The lowest BCUT2D eigenvalue weighted by Gasteiger charge is -2.33. The smallest absolute Gasteiger partial charge is 0.132 e. The summed E-state index contributed by atoms with van der Waals surface area (Å²) in [7, 11) is 6.91. The van der Waals surface area contributed by atoms with Crippen molar-refractivity contribution in [2.24, 2.45) is 0 Å². The fraction of sp³-hybridized carbons (Fsp3) is 1.00. The second-order valence-electron chi connectivity index (χ2n) is 6.82. The van der Waals surface area contributed by atoms with Crippen LogP contribution in [-0.2, 0) is 4.74 Å².